The molecule has 6 nitrogen and oxygen atoms in total. The molecule has 170 valence electrons. The zero-order valence-electron chi connectivity index (χ0n) is 18.8. The van der Waals surface area contributed by atoms with Crippen molar-refractivity contribution in [1.82, 2.24) is 9.80 Å². The molecule has 3 aromatic rings. The summed E-state index contributed by atoms with van der Waals surface area (Å²) in [5.74, 6) is 2.33. The predicted molar refractivity (Wildman–Crippen MR) is 127 cm³/mol. The molecule has 4 rings (SSSR count). The number of ether oxygens (including phenoxy) is 2. The number of benzene rings is 3. The number of amides is 1. The minimum Gasteiger partial charge on any atom is -0.497 e. The van der Waals surface area contributed by atoms with E-state index < -0.39 is 0 Å². The van der Waals surface area contributed by atoms with Gasteiger partial charge >= 0.3 is 0 Å². The molecule has 1 fully saturated rings. The monoisotopic (exact) mass is 444 g/mol. The van der Waals surface area contributed by atoms with Crippen LogP contribution in [-0.4, -0.2) is 61.3 Å². The molecule has 0 N–H and O–H groups in total. The molecule has 1 aliphatic rings. The van der Waals surface area contributed by atoms with Crippen molar-refractivity contribution >= 4 is 11.7 Å². The third-order valence-electron chi connectivity index (χ3n) is 5.81. The Balaban J connectivity index is 1.22. The standard InChI is InChI=1S/C27H28N2O4/c1-32-23-11-13-25(14-12-23)33-24-9-7-21(8-10-24)26(30)15-16-28-17-19-29(20-18-28)27(31)22-5-3-2-4-6-22/h2-14H,15-20H2,1H3. The van der Waals surface area contributed by atoms with Gasteiger partial charge in [-0.05, 0) is 60.7 Å². The van der Waals surface area contributed by atoms with Crippen LogP contribution in [-0.2, 0) is 0 Å². The van der Waals surface area contributed by atoms with Crippen LogP contribution in [0.15, 0.2) is 78.9 Å². The van der Waals surface area contributed by atoms with E-state index in [1.807, 2.05) is 71.6 Å². The number of nitrogens with zero attached hydrogens (tertiary/aromatic N) is 2. The second-order valence-electron chi connectivity index (χ2n) is 7.98. The first-order valence-corrected chi connectivity index (χ1v) is 11.1. The largest absolute Gasteiger partial charge is 0.497 e. The summed E-state index contributed by atoms with van der Waals surface area (Å²) in [6, 6.07) is 24.0. The lowest BCUT2D eigenvalue weighted by molar-refractivity contribution is 0.0628. The maximum absolute atomic E-state index is 12.6. The van der Waals surface area contributed by atoms with Gasteiger partial charge in [-0.3, -0.25) is 14.5 Å². The van der Waals surface area contributed by atoms with Gasteiger partial charge in [0.2, 0.25) is 0 Å². The molecule has 0 unspecified atom stereocenters. The molecule has 0 aliphatic carbocycles. The van der Waals surface area contributed by atoms with E-state index in [0.717, 1.165) is 24.4 Å². The molecule has 0 spiro atoms. The Morgan fingerprint density at radius 3 is 1.91 bits per heavy atom. The summed E-state index contributed by atoms with van der Waals surface area (Å²) in [5, 5.41) is 0. The van der Waals surface area contributed by atoms with Crippen molar-refractivity contribution in [3.05, 3.63) is 90.0 Å². The molecule has 0 saturated carbocycles. The molecule has 33 heavy (non-hydrogen) atoms. The van der Waals surface area contributed by atoms with Crippen molar-refractivity contribution in [2.24, 2.45) is 0 Å². The Labute approximate surface area is 194 Å². The van der Waals surface area contributed by atoms with Crippen LogP contribution in [0.25, 0.3) is 0 Å². The average molecular weight is 445 g/mol. The van der Waals surface area contributed by atoms with Crippen molar-refractivity contribution in [3.8, 4) is 17.2 Å². The van der Waals surface area contributed by atoms with Gasteiger partial charge in [0.15, 0.2) is 5.78 Å². The van der Waals surface area contributed by atoms with Crippen molar-refractivity contribution in [1.29, 1.82) is 0 Å². The molecule has 1 aliphatic heterocycles. The lowest BCUT2D eigenvalue weighted by atomic mass is 10.1. The topological polar surface area (TPSA) is 59.1 Å². The first-order valence-electron chi connectivity index (χ1n) is 11.1. The predicted octanol–water partition coefficient (Wildman–Crippen LogP) is 4.52. The number of carbonyl (C=O) groups is 2. The van der Waals surface area contributed by atoms with Crippen molar-refractivity contribution < 1.29 is 19.1 Å². The minimum absolute atomic E-state index is 0.0725. The van der Waals surface area contributed by atoms with E-state index in [0.29, 0.717) is 43.1 Å². The molecular formula is C27H28N2O4. The second-order valence-corrected chi connectivity index (χ2v) is 7.98. The van der Waals surface area contributed by atoms with Gasteiger partial charge in [0.05, 0.1) is 7.11 Å². The highest BCUT2D eigenvalue weighted by molar-refractivity contribution is 5.96. The number of Topliss-reactive ketones (excluding diaryl/α,β-unsaturated/α-hetero) is 1. The molecule has 0 bridgehead atoms. The van der Waals surface area contributed by atoms with Gasteiger partial charge in [0.25, 0.3) is 5.91 Å². The van der Waals surface area contributed by atoms with Crippen LogP contribution in [0, 0.1) is 0 Å². The zero-order valence-corrected chi connectivity index (χ0v) is 18.8. The Morgan fingerprint density at radius 2 is 1.30 bits per heavy atom. The van der Waals surface area contributed by atoms with Gasteiger partial charge in [0, 0.05) is 50.3 Å². The molecule has 0 atom stereocenters. The minimum atomic E-state index is 0.0725. The van der Waals surface area contributed by atoms with Crippen LogP contribution >= 0.6 is 0 Å². The number of hydrogen-bond donors (Lipinski definition) is 0. The Morgan fingerprint density at radius 1 is 0.727 bits per heavy atom. The quantitative estimate of drug-likeness (QED) is 0.478. The highest BCUT2D eigenvalue weighted by Gasteiger charge is 2.22. The lowest BCUT2D eigenvalue weighted by Gasteiger charge is -2.34. The van der Waals surface area contributed by atoms with Crippen LogP contribution in [0.4, 0.5) is 0 Å². The molecule has 3 aromatic carbocycles. The van der Waals surface area contributed by atoms with Crippen molar-refractivity contribution in [2.45, 2.75) is 6.42 Å². The van der Waals surface area contributed by atoms with E-state index in [9.17, 15) is 9.59 Å². The summed E-state index contributed by atoms with van der Waals surface area (Å²) in [4.78, 5) is 29.3. The summed E-state index contributed by atoms with van der Waals surface area (Å²) < 4.78 is 11.0. The maximum atomic E-state index is 12.6. The average Bonchev–Trinajstić information content (AvgIpc) is 2.88. The summed E-state index contributed by atoms with van der Waals surface area (Å²) in [7, 11) is 1.62. The summed E-state index contributed by atoms with van der Waals surface area (Å²) >= 11 is 0. The number of ketones is 1. The molecule has 0 aromatic heterocycles. The van der Waals surface area contributed by atoms with Crippen LogP contribution < -0.4 is 9.47 Å². The SMILES string of the molecule is COc1ccc(Oc2ccc(C(=O)CCN3CCN(C(=O)c4ccccc4)CC3)cc2)cc1. The highest BCUT2D eigenvalue weighted by atomic mass is 16.5. The van der Waals surface area contributed by atoms with Crippen molar-refractivity contribution in [3.63, 3.8) is 0 Å². The summed E-state index contributed by atoms with van der Waals surface area (Å²) in [6.07, 6.45) is 0.450. The number of rotatable bonds is 8. The second kappa shape index (κ2) is 10.8. The maximum Gasteiger partial charge on any atom is 0.253 e. The lowest BCUT2D eigenvalue weighted by Crippen LogP contribution is -2.49. The molecule has 6 heteroatoms. The zero-order chi connectivity index (χ0) is 23.0. The van der Waals surface area contributed by atoms with Gasteiger partial charge in [0.1, 0.15) is 17.2 Å². The fraction of sp³-hybridized carbons (Fsp3) is 0.259. The highest BCUT2D eigenvalue weighted by Crippen LogP contribution is 2.24. The van der Waals surface area contributed by atoms with E-state index in [2.05, 4.69) is 4.90 Å². The fourth-order valence-electron chi connectivity index (χ4n) is 3.83. The molecule has 1 saturated heterocycles. The van der Waals surface area contributed by atoms with Gasteiger partial charge in [-0.25, -0.2) is 0 Å². The number of carbonyl (C=O) groups excluding carboxylic acids is 2. The van der Waals surface area contributed by atoms with E-state index in [-0.39, 0.29) is 11.7 Å². The van der Waals surface area contributed by atoms with Gasteiger partial charge in [-0.2, -0.15) is 0 Å². The van der Waals surface area contributed by atoms with Gasteiger partial charge in [-0.15, -0.1) is 0 Å². The third-order valence-corrected chi connectivity index (χ3v) is 5.81. The Bertz CT molecular complexity index is 1060. The smallest absolute Gasteiger partial charge is 0.253 e. The van der Waals surface area contributed by atoms with E-state index in [4.69, 9.17) is 9.47 Å². The van der Waals surface area contributed by atoms with Gasteiger partial charge < -0.3 is 14.4 Å². The van der Waals surface area contributed by atoms with E-state index in [1.165, 1.54) is 0 Å². The molecule has 0 radical (unpaired) electrons. The molecular weight excluding hydrogens is 416 g/mol. The normalized spacial score (nSPS) is 14.0. The van der Waals surface area contributed by atoms with Crippen LogP contribution in [0.1, 0.15) is 27.1 Å². The van der Waals surface area contributed by atoms with Crippen molar-refractivity contribution in [2.75, 3.05) is 39.8 Å². The molecule has 1 heterocycles. The number of methoxy groups -OCH3 is 1. The first-order chi connectivity index (χ1) is 16.1. The van der Waals surface area contributed by atoms with E-state index >= 15 is 0 Å². The number of hydrogen-bond acceptors (Lipinski definition) is 5. The van der Waals surface area contributed by atoms with Crippen LogP contribution in [0.3, 0.4) is 0 Å². The summed E-state index contributed by atoms with van der Waals surface area (Å²) in [6.45, 7) is 3.61. The van der Waals surface area contributed by atoms with Crippen LogP contribution in [0.5, 0.6) is 17.2 Å². The van der Waals surface area contributed by atoms with E-state index in [1.54, 1.807) is 19.2 Å². The third kappa shape index (κ3) is 5.99. The summed E-state index contributed by atoms with van der Waals surface area (Å²) in [5.41, 5.74) is 1.40. The Kier molecular flexibility index (Phi) is 7.37. The van der Waals surface area contributed by atoms with Crippen LogP contribution in [0.2, 0.25) is 0 Å². The fourth-order valence-corrected chi connectivity index (χ4v) is 3.83. The molecule has 1 amide bonds. The van der Waals surface area contributed by atoms with Gasteiger partial charge in [-0.1, -0.05) is 18.2 Å². The number of piperazine rings is 1. The Hall–Kier alpha value is -3.64. The first kappa shape index (κ1) is 22.6.